The number of hydrogen-bond acceptors (Lipinski definition) is 2. The molecular weight excluding hydrogens is 235 g/mol. The Morgan fingerprint density at radius 3 is 2.65 bits per heavy atom. The summed E-state index contributed by atoms with van der Waals surface area (Å²) in [7, 11) is -1.77. The van der Waals surface area contributed by atoms with Crippen LogP contribution in [0.15, 0.2) is 23.8 Å². The normalized spacial score (nSPS) is 14.8. The van der Waals surface area contributed by atoms with Crippen LogP contribution in [-0.2, 0) is 15.6 Å². The molecule has 90 valence electrons. The molecule has 1 aromatic carbocycles. The van der Waals surface area contributed by atoms with Gasteiger partial charge in [-0.25, -0.2) is 4.39 Å². The molecule has 17 heavy (non-hydrogen) atoms. The van der Waals surface area contributed by atoms with Crippen molar-refractivity contribution < 1.29 is 13.6 Å². The molecule has 1 aliphatic rings. The molecule has 0 fully saturated rings. The van der Waals surface area contributed by atoms with Crippen LogP contribution in [0.3, 0.4) is 0 Å². The minimum Gasteiger partial charge on any atom is -0.544 e. The van der Waals surface area contributed by atoms with Gasteiger partial charge >= 0.3 is 0 Å². The van der Waals surface area contributed by atoms with Gasteiger partial charge in [-0.15, -0.1) is 0 Å². The largest absolute Gasteiger partial charge is 0.544 e. The Bertz CT molecular complexity index is 501. The minimum absolute atomic E-state index is 0.275. The molecule has 4 heteroatoms. The van der Waals surface area contributed by atoms with Crippen LogP contribution in [0.2, 0.25) is 19.6 Å². The fraction of sp³-hybridized carbons (Fsp3) is 0.308. The average molecular weight is 250 g/mol. The Labute approximate surface area is 101 Å². The maximum absolute atomic E-state index is 13.1. The first-order valence-corrected chi connectivity index (χ1v) is 8.97. The van der Waals surface area contributed by atoms with E-state index in [-0.39, 0.29) is 5.82 Å². The molecule has 0 bridgehead atoms. The summed E-state index contributed by atoms with van der Waals surface area (Å²) >= 11 is 0. The highest BCUT2D eigenvalue weighted by Crippen LogP contribution is 2.35. The molecule has 1 aromatic rings. The average Bonchev–Trinajstić information content (AvgIpc) is 2.53. The molecule has 0 spiro atoms. The molecule has 0 radical (unpaired) electrons. The summed E-state index contributed by atoms with van der Waals surface area (Å²) in [6.07, 6.45) is 1.28. The lowest BCUT2D eigenvalue weighted by Crippen LogP contribution is -2.24. The van der Waals surface area contributed by atoms with Gasteiger partial charge in [0.2, 0.25) is 8.32 Å². The Morgan fingerprint density at radius 1 is 1.35 bits per heavy atom. The zero-order valence-corrected chi connectivity index (χ0v) is 11.2. The van der Waals surface area contributed by atoms with E-state index >= 15 is 0 Å². The highest BCUT2D eigenvalue weighted by atomic mass is 28.4. The lowest BCUT2D eigenvalue weighted by Gasteiger charge is -2.21. The molecule has 0 unspecified atom stereocenters. The number of aldehydes is 1. The number of carbonyl (C=O) groups is 1. The first kappa shape index (κ1) is 12.0. The quantitative estimate of drug-likeness (QED) is 0.608. The van der Waals surface area contributed by atoms with E-state index in [1.807, 2.05) is 0 Å². The van der Waals surface area contributed by atoms with Gasteiger partial charge in [-0.3, -0.25) is 4.79 Å². The Morgan fingerprint density at radius 2 is 2.06 bits per heavy atom. The second-order valence-electron chi connectivity index (χ2n) is 5.16. The van der Waals surface area contributed by atoms with Crippen LogP contribution in [0.4, 0.5) is 4.39 Å². The summed E-state index contributed by atoms with van der Waals surface area (Å²) in [6.45, 7) is 6.18. The molecule has 0 atom stereocenters. The molecule has 0 saturated heterocycles. The third kappa shape index (κ3) is 2.47. The number of allylic oxidation sites excluding steroid dienone is 1. The standard InChI is InChI=1S/C13H15FO2Si/c1-17(2,3)16-13-10(8-15)6-9-7-11(14)4-5-12(9)13/h4-5,7-8H,6H2,1-3H3. The number of carbonyl (C=O) groups excluding carboxylic acids is 1. The number of halogens is 1. The van der Waals surface area contributed by atoms with Crippen LogP contribution < -0.4 is 0 Å². The van der Waals surface area contributed by atoms with Crippen LogP contribution in [-0.4, -0.2) is 14.6 Å². The predicted molar refractivity (Wildman–Crippen MR) is 67.5 cm³/mol. The third-order valence-electron chi connectivity index (χ3n) is 2.53. The molecule has 0 N–H and O–H groups in total. The lowest BCUT2D eigenvalue weighted by molar-refractivity contribution is -0.104. The number of rotatable bonds is 3. The number of benzene rings is 1. The maximum Gasteiger partial charge on any atom is 0.242 e. The zero-order chi connectivity index (χ0) is 12.6. The van der Waals surface area contributed by atoms with Crippen LogP contribution in [0.25, 0.3) is 5.76 Å². The molecular formula is C13H15FO2Si. The fourth-order valence-electron chi connectivity index (χ4n) is 1.91. The second-order valence-corrected chi connectivity index (χ2v) is 9.59. The topological polar surface area (TPSA) is 26.3 Å². The SMILES string of the molecule is C[Si](C)(C)OC1=C(C=O)Cc2cc(F)ccc21. The molecule has 1 aliphatic carbocycles. The summed E-state index contributed by atoms with van der Waals surface area (Å²) in [6, 6.07) is 4.57. The van der Waals surface area contributed by atoms with Gasteiger partial charge < -0.3 is 4.43 Å². The van der Waals surface area contributed by atoms with Crippen molar-refractivity contribution in [2.24, 2.45) is 0 Å². The van der Waals surface area contributed by atoms with Crippen molar-refractivity contribution in [1.82, 2.24) is 0 Å². The second kappa shape index (κ2) is 4.11. The molecule has 0 saturated carbocycles. The molecule has 2 rings (SSSR count). The van der Waals surface area contributed by atoms with Gasteiger partial charge in [0, 0.05) is 17.6 Å². The monoisotopic (exact) mass is 250 g/mol. The van der Waals surface area contributed by atoms with E-state index in [1.54, 1.807) is 6.07 Å². The predicted octanol–water partition coefficient (Wildman–Crippen LogP) is 3.14. The Kier molecular flexibility index (Phi) is 2.91. The number of hydrogen-bond donors (Lipinski definition) is 0. The first-order valence-electron chi connectivity index (χ1n) is 5.57. The highest BCUT2D eigenvalue weighted by Gasteiger charge is 2.27. The van der Waals surface area contributed by atoms with Crippen molar-refractivity contribution in [3.8, 4) is 0 Å². The van der Waals surface area contributed by atoms with Gasteiger partial charge in [0.05, 0.1) is 0 Å². The maximum atomic E-state index is 13.1. The van der Waals surface area contributed by atoms with E-state index in [4.69, 9.17) is 4.43 Å². The van der Waals surface area contributed by atoms with E-state index in [0.717, 1.165) is 17.4 Å². The fourth-order valence-corrected chi connectivity index (χ4v) is 2.76. The summed E-state index contributed by atoms with van der Waals surface area (Å²) in [5.41, 5.74) is 2.31. The molecule has 2 nitrogen and oxygen atoms in total. The van der Waals surface area contributed by atoms with Crippen molar-refractivity contribution in [3.05, 3.63) is 40.7 Å². The first-order chi connectivity index (χ1) is 7.90. The van der Waals surface area contributed by atoms with Crippen LogP contribution in [0, 0.1) is 5.82 Å². The van der Waals surface area contributed by atoms with E-state index in [1.165, 1.54) is 12.1 Å². The minimum atomic E-state index is -1.77. The smallest absolute Gasteiger partial charge is 0.242 e. The Balaban J connectivity index is 2.44. The summed E-state index contributed by atoms with van der Waals surface area (Å²) in [4.78, 5) is 11.0. The van der Waals surface area contributed by atoms with Crippen molar-refractivity contribution >= 4 is 20.4 Å². The molecule has 0 aromatic heterocycles. The van der Waals surface area contributed by atoms with Gasteiger partial charge in [-0.2, -0.15) is 0 Å². The van der Waals surface area contributed by atoms with E-state index < -0.39 is 8.32 Å². The Hall–Kier alpha value is -1.42. The van der Waals surface area contributed by atoms with Gasteiger partial charge in [-0.1, -0.05) is 0 Å². The molecule has 0 heterocycles. The highest BCUT2D eigenvalue weighted by molar-refractivity contribution is 6.70. The number of fused-ring (bicyclic) bond motifs is 1. The molecule has 0 amide bonds. The summed E-state index contributed by atoms with van der Waals surface area (Å²) in [5.74, 6) is 0.373. The van der Waals surface area contributed by atoms with Crippen molar-refractivity contribution in [2.45, 2.75) is 26.1 Å². The van der Waals surface area contributed by atoms with Crippen LogP contribution in [0.1, 0.15) is 11.1 Å². The van der Waals surface area contributed by atoms with E-state index in [9.17, 15) is 9.18 Å². The van der Waals surface area contributed by atoms with E-state index in [2.05, 4.69) is 19.6 Å². The summed E-state index contributed by atoms with van der Waals surface area (Å²) < 4.78 is 19.1. The van der Waals surface area contributed by atoms with Gasteiger partial charge in [0.25, 0.3) is 0 Å². The summed E-state index contributed by atoms with van der Waals surface area (Å²) in [5, 5.41) is 0. The molecule has 0 aliphatic heterocycles. The van der Waals surface area contributed by atoms with E-state index in [0.29, 0.717) is 17.8 Å². The lowest BCUT2D eigenvalue weighted by atomic mass is 10.1. The van der Waals surface area contributed by atoms with Gasteiger partial charge in [0.1, 0.15) is 17.9 Å². The zero-order valence-electron chi connectivity index (χ0n) is 10.2. The van der Waals surface area contributed by atoms with Gasteiger partial charge in [-0.05, 0) is 43.4 Å². The van der Waals surface area contributed by atoms with Gasteiger partial charge in [0.15, 0.2) is 0 Å². The van der Waals surface area contributed by atoms with Crippen molar-refractivity contribution in [3.63, 3.8) is 0 Å². The van der Waals surface area contributed by atoms with Crippen LogP contribution >= 0.6 is 0 Å². The van der Waals surface area contributed by atoms with Crippen LogP contribution in [0.5, 0.6) is 0 Å². The van der Waals surface area contributed by atoms with Crippen molar-refractivity contribution in [1.29, 1.82) is 0 Å². The third-order valence-corrected chi connectivity index (χ3v) is 3.35. The van der Waals surface area contributed by atoms with Crippen molar-refractivity contribution in [2.75, 3.05) is 0 Å².